The van der Waals surface area contributed by atoms with Gasteiger partial charge in [-0.15, -0.1) is 5.10 Å². The van der Waals surface area contributed by atoms with Crippen LogP contribution in [0.2, 0.25) is 0 Å². The summed E-state index contributed by atoms with van der Waals surface area (Å²) in [5, 5.41) is 6.33. The van der Waals surface area contributed by atoms with Crippen molar-refractivity contribution in [3.63, 3.8) is 0 Å². The molecule has 0 amide bonds. The molecule has 1 N–H and O–H groups in total. The highest BCUT2D eigenvalue weighted by atomic mass is 16.5. The van der Waals surface area contributed by atoms with Crippen LogP contribution in [0.25, 0.3) is 0 Å². The molecule has 1 saturated carbocycles. The van der Waals surface area contributed by atoms with Crippen LogP contribution < -0.4 is 4.74 Å². The van der Waals surface area contributed by atoms with Crippen molar-refractivity contribution < 1.29 is 9.53 Å². The first-order valence-corrected chi connectivity index (χ1v) is 3.56. The number of nitrogens with one attached hydrogen (secondary N) is 1. The first-order chi connectivity index (χ1) is 5.38. The molecule has 1 aromatic heterocycles. The molecular formula is C7H8N2O2. The van der Waals surface area contributed by atoms with Gasteiger partial charge in [0, 0.05) is 6.07 Å². The van der Waals surface area contributed by atoms with Gasteiger partial charge in [-0.05, 0) is 12.8 Å². The Labute approximate surface area is 63.6 Å². The number of aromatic amines is 1. The number of hydrogen-bond acceptors (Lipinski definition) is 3. The second kappa shape index (κ2) is 2.38. The Morgan fingerprint density at radius 3 is 3.09 bits per heavy atom. The van der Waals surface area contributed by atoms with Crippen molar-refractivity contribution in [3.8, 4) is 5.88 Å². The van der Waals surface area contributed by atoms with Crippen molar-refractivity contribution in [2.24, 2.45) is 0 Å². The molecule has 0 radical (unpaired) electrons. The molecule has 1 aliphatic carbocycles. The van der Waals surface area contributed by atoms with Gasteiger partial charge in [0.2, 0.25) is 5.88 Å². The lowest BCUT2D eigenvalue weighted by molar-refractivity contribution is 0.111. The van der Waals surface area contributed by atoms with Crippen molar-refractivity contribution >= 4 is 6.29 Å². The van der Waals surface area contributed by atoms with Crippen LogP contribution in [0.5, 0.6) is 5.88 Å². The Hall–Kier alpha value is -1.32. The summed E-state index contributed by atoms with van der Waals surface area (Å²) in [7, 11) is 0. The maximum Gasteiger partial charge on any atom is 0.233 e. The van der Waals surface area contributed by atoms with E-state index < -0.39 is 0 Å². The lowest BCUT2D eigenvalue weighted by atomic mass is 10.5. The fraction of sp³-hybridized carbons (Fsp3) is 0.429. The van der Waals surface area contributed by atoms with E-state index in [-0.39, 0.29) is 0 Å². The third kappa shape index (κ3) is 1.39. The zero-order valence-corrected chi connectivity index (χ0v) is 5.91. The standard InChI is InChI=1S/C7H8N2O2/c10-4-5-3-7(9-8-5)11-6-1-2-6/h3-4,6H,1-2H2,(H,8,9). The van der Waals surface area contributed by atoms with Gasteiger partial charge in [0.25, 0.3) is 0 Å². The fourth-order valence-corrected chi connectivity index (χ4v) is 0.795. The second-order valence-corrected chi connectivity index (χ2v) is 2.60. The first kappa shape index (κ1) is 6.39. The summed E-state index contributed by atoms with van der Waals surface area (Å²) in [4.78, 5) is 10.2. The van der Waals surface area contributed by atoms with Crippen LogP contribution in [0.1, 0.15) is 23.3 Å². The molecule has 4 heteroatoms. The molecule has 58 valence electrons. The molecule has 1 aromatic rings. The second-order valence-electron chi connectivity index (χ2n) is 2.60. The van der Waals surface area contributed by atoms with Crippen LogP contribution in [0.15, 0.2) is 6.07 Å². The lowest BCUT2D eigenvalue weighted by Gasteiger charge is -1.94. The predicted molar refractivity (Wildman–Crippen MR) is 37.6 cm³/mol. The molecule has 0 aromatic carbocycles. The Morgan fingerprint density at radius 2 is 2.55 bits per heavy atom. The summed E-state index contributed by atoms with van der Waals surface area (Å²) in [6, 6.07) is 1.60. The SMILES string of the molecule is O=Cc1cc(OC2CC2)n[nH]1. The summed E-state index contributed by atoms with van der Waals surface area (Å²) < 4.78 is 5.31. The van der Waals surface area contributed by atoms with Crippen LogP contribution in [-0.4, -0.2) is 22.6 Å². The zero-order valence-electron chi connectivity index (χ0n) is 5.91. The molecule has 4 nitrogen and oxygen atoms in total. The van der Waals surface area contributed by atoms with Gasteiger partial charge < -0.3 is 4.74 Å². The Morgan fingerprint density at radius 1 is 1.73 bits per heavy atom. The van der Waals surface area contributed by atoms with Crippen molar-refractivity contribution in [3.05, 3.63) is 11.8 Å². The molecule has 0 unspecified atom stereocenters. The summed E-state index contributed by atoms with van der Waals surface area (Å²) in [5.41, 5.74) is 0.459. The Balaban J connectivity index is 2.05. The number of carbonyl (C=O) groups is 1. The number of hydrogen-bond donors (Lipinski definition) is 1. The van der Waals surface area contributed by atoms with Crippen LogP contribution in [-0.2, 0) is 0 Å². The average molecular weight is 152 g/mol. The van der Waals surface area contributed by atoms with E-state index in [0.717, 1.165) is 12.8 Å². The number of carbonyl (C=O) groups excluding carboxylic acids is 1. The average Bonchev–Trinajstić information content (AvgIpc) is 2.68. The van der Waals surface area contributed by atoms with Gasteiger partial charge >= 0.3 is 0 Å². The van der Waals surface area contributed by atoms with E-state index in [1.54, 1.807) is 6.07 Å². The summed E-state index contributed by atoms with van der Waals surface area (Å²) in [6.07, 6.45) is 3.25. The molecule has 0 atom stereocenters. The van der Waals surface area contributed by atoms with E-state index in [9.17, 15) is 4.79 Å². The summed E-state index contributed by atoms with van der Waals surface area (Å²) in [5.74, 6) is 0.523. The zero-order chi connectivity index (χ0) is 7.68. The monoisotopic (exact) mass is 152 g/mol. The Kier molecular flexibility index (Phi) is 1.38. The van der Waals surface area contributed by atoms with Crippen molar-refractivity contribution in [2.45, 2.75) is 18.9 Å². The minimum absolute atomic E-state index is 0.331. The van der Waals surface area contributed by atoms with Gasteiger partial charge in [-0.2, -0.15) is 0 Å². The van der Waals surface area contributed by atoms with Gasteiger partial charge in [-0.3, -0.25) is 9.89 Å². The molecular weight excluding hydrogens is 144 g/mol. The minimum Gasteiger partial charge on any atom is -0.473 e. The molecule has 0 bridgehead atoms. The summed E-state index contributed by atoms with van der Waals surface area (Å²) >= 11 is 0. The van der Waals surface area contributed by atoms with E-state index in [1.807, 2.05) is 0 Å². The minimum atomic E-state index is 0.331. The van der Waals surface area contributed by atoms with E-state index in [0.29, 0.717) is 24.0 Å². The fourth-order valence-electron chi connectivity index (χ4n) is 0.795. The number of nitrogens with zero attached hydrogens (tertiary/aromatic N) is 1. The number of aldehydes is 1. The van der Waals surface area contributed by atoms with E-state index in [1.165, 1.54) is 0 Å². The van der Waals surface area contributed by atoms with Gasteiger partial charge in [0.1, 0.15) is 11.8 Å². The highest BCUT2D eigenvalue weighted by Crippen LogP contribution is 2.25. The number of ether oxygens (including phenoxy) is 1. The van der Waals surface area contributed by atoms with Crippen LogP contribution in [0.3, 0.4) is 0 Å². The maximum atomic E-state index is 10.2. The number of H-pyrrole nitrogens is 1. The smallest absolute Gasteiger partial charge is 0.233 e. The van der Waals surface area contributed by atoms with Crippen LogP contribution in [0, 0.1) is 0 Å². The van der Waals surface area contributed by atoms with Gasteiger partial charge in [0.15, 0.2) is 6.29 Å². The summed E-state index contributed by atoms with van der Waals surface area (Å²) in [6.45, 7) is 0. The molecule has 0 spiro atoms. The third-order valence-corrected chi connectivity index (χ3v) is 1.51. The molecule has 0 aliphatic heterocycles. The highest BCUT2D eigenvalue weighted by molar-refractivity contribution is 5.71. The Bertz CT molecular complexity index is 265. The molecule has 11 heavy (non-hydrogen) atoms. The predicted octanol–water partition coefficient (Wildman–Crippen LogP) is 0.763. The number of aromatic nitrogens is 2. The van der Waals surface area contributed by atoms with Crippen molar-refractivity contribution in [2.75, 3.05) is 0 Å². The molecule has 1 fully saturated rings. The lowest BCUT2D eigenvalue weighted by Crippen LogP contribution is -1.95. The molecule has 2 rings (SSSR count). The first-order valence-electron chi connectivity index (χ1n) is 3.56. The van der Waals surface area contributed by atoms with Crippen molar-refractivity contribution in [1.82, 2.24) is 10.2 Å². The van der Waals surface area contributed by atoms with E-state index in [4.69, 9.17) is 4.74 Å². The van der Waals surface area contributed by atoms with Gasteiger partial charge in [0.05, 0.1) is 0 Å². The van der Waals surface area contributed by atoms with E-state index in [2.05, 4.69) is 10.2 Å². The largest absolute Gasteiger partial charge is 0.473 e. The van der Waals surface area contributed by atoms with E-state index >= 15 is 0 Å². The van der Waals surface area contributed by atoms with Crippen LogP contribution in [0.4, 0.5) is 0 Å². The number of rotatable bonds is 3. The quantitative estimate of drug-likeness (QED) is 0.650. The van der Waals surface area contributed by atoms with Crippen molar-refractivity contribution in [1.29, 1.82) is 0 Å². The topological polar surface area (TPSA) is 55.0 Å². The van der Waals surface area contributed by atoms with Gasteiger partial charge in [-0.25, -0.2) is 0 Å². The molecule has 0 saturated heterocycles. The highest BCUT2D eigenvalue weighted by Gasteiger charge is 2.24. The molecule has 1 aliphatic rings. The molecule has 1 heterocycles. The van der Waals surface area contributed by atoms with Gasteiger partial charge in [-0.1, -0.05) is 0 Å². The normalized spacial score (nSPS) is 16.4. The third-order valence-electron chi connectivity index (χ3n) is 1.51. The van der Waals surface area contributed by atoms with Crippen LogP contribution >= 0.6 is 0 Å². The maximum absolute atomic E-state index is 10.2.